The molecule has 0 unspecified atom stereocenters. The molecule has 1 aromatic carbocycles. The smallest absolute Gasteiger partial charge is 0.338 e. The lowest BCUT2D eigenvalue weighted by Gasteiger charge is -2.30. The highest BCUT2D eigenvalue weighted by atomic mass is 32.2. The Bertz CT molecular complexity index is 761. The second-order valence-corrected chi connectivity index (χ2v) is 8.72. The van der Waals surface area contributed by atoms with E-state index in [0.29, 0.717) is 5.92 Å². The first-order valence-corrected chi connectivity index (χ1v) is 10.8. The number of nitrogens with one attached hydrogen (secondary N) is 2. The minimum atomic E-state index is -3.58. The van der Waals surface area contributed by atoms with Crippen molar-refractivity contribution in [3.63, 3.8) is 0 Å². The first kappa shape index (κ1) is 21.4. The van der Waals surface area contributed by atoms with Gasteiger partial charge in [0.1, 0.15) is 0 Å². The Morgan fingerprint density at radius 1 is 1.19 bits per heavy atom. The summed E-state index contributed by atoms with van der Waals surface area (Å²) in [6.45, 7) is 5.61. The van der Waals surface area contributed by atoms with E-state index in [4.69, 9.17) is 4.74 Å². The largest absolute Gasteiger partial charge is 0.449 e. The van der Waals surface area contributed by atoms with Crippen LogP contribution in [0.3, 0.4) is 0 Å². The van der Waals surface area contributed by atoms with E-state index in [1.165, 1.54) is 37.6 Å². The number of carbonyl (C=O) groups excluding carboxylic acids is 2. The van der Waals surface area contributed by atoms with Gasteiger partial charge in [-0.05, 0) is 49.9 Å². The number of sulfonamides is 1. The average molecular weight is 397 g/mol. The predicted molar refractivity (Wildman–Crippen MR) is 102 cm³/mol. The van der Waals surface area contributed by atoms with Gasteiger partial charge in [-0.3, -0.25) is 4.79 Å². The summed E-state index contributed by atoms with van der Waals surface area (Å²) in [5, 5.41) is 2.96. The van der Waals surface area contributed by atoms with Crippen LogP contribution in [0.2, 0.25) is 0 Å². The van der Waals surface area contributed by atoms with Crippen LogP contribution in [-0.2, 0) is 19.6 Å². The summed E-state index contributed by atoms with van der Waals surface area (Å²) in [7, 11) is -3.58. The van der Waals surface area contributed by atoms with E-state index in [-0.39, 0.29) is 29.0 Å². The minimum absolute atomic E-state index is 0.0676. The number of carbonyl (C=O) groups is 2. The van der Waals surface area contributed by atoms with Crippen molar-refractivity contribution >= 4 is 21.9 Å². The highest BCUT2D eigenvalue weighted by molar-refractivity contribution is 7.89. The lowest BCUT2D eigenvalue weighted by molar-refractivity contribution is -0.130. The molecule has 0 bridgehead atoms. The van der Waals surface area contributed by atoms with Crippen LogP contribution in [0, 0.1) is 5.92 Å². The summed E-state index contributed by atoms with van der Waals surface area (Å²) in [6.07, 6.45) is 3.37. The maximum absolute atomic E-state index is 12.3. The van der Waals surface area contributed by atoms with E-state index < -0.39 is 22.1 Å². The SMILES string of the molecule is CCNS(=O)(=O)c1ccc(C(=O)O[C@@H](C)C(=O)N[C@H]2CCCC[C@@H]2C)cc1. The average Bonchev–Trinajstić information content (AvgIpc) is 2.63. The first-order chi connectivity index (χ1) is 12.7. The van der Waals surface area contributed by atoms with Crippen LogP contribution < -0.4 is 10.0 Å². The Balaban J connectivity index is 1.94. The maximum Gasteiger partial charge on any atom is 0.338 e. The molecule has 1 aliphatic rings. The molecule has 7 nitrogen and oxygen atoms in total. The molecule has 1 amide bonds. The molecule has 0 aliphatic heterocycles. The number of amides is 1. The van der Waals surface area contributed by atoms with Crippen LogP contribution >= 0.6 is 0 Å². The van der Waals surface area contributed by atoms with Crippen molar-refractivity contribution in [2.24, 2.45) is 5.92 Å². The molecule has 0 heterocycles. The maximum atomic E-state index is 12.3. The zero-order valence-corrected chi connectivity index (χ0v) is 16.8. The van der Waals surface area contributed by atoms with Gasteiger partial charge >= 0.3 is 5.97 Å². The van der Waals surface area contributed by atoms with Crippen molar-refractivity contribution in [3.8, 4) is 0 Å². The Morgan fingerprint density at radius 3 is 2.41 bits per heavy atom. The molecule has 1 saturated carbocycles. The molecule has 1 aliphatic carbocycles. The van der Waals surface area contributed by atoms with E-state index in [2.05, 4.69) is 17.0 Å². The fourth-order valence-corrected chi connectivity index (χ4v) is 4.20. The molecule has 1 fully saturated rings. The van der Waals surface area contributed by atoms with Crippen LogP contribution in [0.1, 0.15) is 56.8 Å². The predicted octanol–water partition coefficient (Wildman–Crippen LogP) is 2.22. The molecule has 150 valence electrons. The zero-order chi connectivity index (χ0) is 20.0. The Kier molecular flexibility index (Phi) is 7.38. The van der Waals surface area contributed by atoms with E-state index in [1.54, 1.807) is 6.92 Å². The van der Waals surface area contributed by atoms with Crippen molar-refractivity contribution in [3.05, 3.63) is 29.8 Å². The van der Waals surface area contributed by atoms with Gasteiger partial charge in [0, 0.05) is 12.6 Å². The number of rotatable bonds is 7. The molecule has 3 atom stereocenters. The van der Waals surface area contributed by atoms with E-state index >= 15 is 0 Å². The summed E-state index contributed by atoms with van der Waals surface area (Å²) in [5.41, 5.74) is 0.191. The highest BCUT2D eigenvalue weighted by Crippen LogP contribution is 2.23. The minimum Gasteiger partial charge on any atom is -0.449 e. The molecule has 0 radical (unpaired) electrons. The number of ether oxygens (including phenoxy) is 1. The molecule has 1 aromatic rings. The molecule has 8 heteroatoms. The zero-order valence-electron chi connectivity index (χ0n) is 16.0. The van der Waals surface area contributed by atoms with Gasteiger partial charge in [-0.15, -0.1) is 0 Å². The van der Waals surface area contributed by atoms with Crippen molar-refractivity contribution in [2.75, 3.05) is 6.54 Å². The molecule has 27 heavy (non-hydrogen) atoms. The molecule has 0 saturated heterocycles. The lowest BCUT2D eigenvalue weighted by Crippen LogP contribution is -2.45. The van der Waals surface area contributed by atoms with E-state index in [9.17, 15) is 18.0 Å². The monoisotopic (exact) mass is 396 g/mol. The second kappa shape index (κ2) is 9.32. The molecular formula is C19H28N2O5S. The molecule has 0 aromatic heterocycles. The summed E-state index contributed by atoms with van der Waals surface area (Å²) >= 11 is 0. The summed E-state index contributed by atoms with van der Waals surface area (Å²) < 4.78 is 31.4. The van der Waals surface area contributed by atoms with Crippen LogP contribution in [-0.4, -0.2) is 39.0 Å². The van der Waals surface area contributed by atoms with Crippen molar-refractivity contribution in [2.45, 2.75) is 63.5 Å². The standard InChI is InChI=1S/C19H28N2O5S/c1-4-20-27(24,25)16-11-9-15(10-12-16)19(23)26-14(3)18(22)21-17-8-6-5-7-13(17)2/h9-14,17,20H,4-8H2,1-3H3,(H,21,22)/t13-,14-,17-/m0/s1. The molecule has 2 rings (SSSR count). The van der Waals surface area contributed by atoms with Gasteiger partial charge in [-0.2, -0.15) is 0 Å². The van der Waals surface area contributed by atoms with Crippen molar-refractivity contribution in [1.29, 1.82) is 0 Å². The fourth-order valence-electron chi connectivity index (χ4n) is 3.16. The lowest BCUT2D eigenvalue weighted by atomic mass is 9.86. The Morgan fingerprint density at radius 2 is 1.81 bits per heavy atom. The number of benzene rings is 1. The van der Waals surface area contributed by atoms with Gasteiger partial charge in [0.05, 0.1) is 10.5 Å². The number of hydrogen-bond donors (Lipinski definition) is 2. The molecule has 2 N–H and O–H groups in total. The van der Waals surface area contributed by atoms with Crippen molar-refractivity contribution < 1.29 is 22.7 Å². The van der Waals surface area contributed by atoms with E-state index in [1.807, 2.05) is 0 Å². The third-order valence-corrected chi connectivity index (χ3v) is 6.39. The normalized spacial score (nSPS) is 21.3. The van der Waals surface area contributed by atoms with Crippen molar-refractivity contribution in [1.82, 2.24) is 10.0 Å². The highest BCUT2D eigenvalue weighted by Gasteiger charge is 2.26. The van der Waals surface area contributed by atoms with Gasteiger partial charge in [0.2, 0.25) is 10.0 Å². The third kappa shape index (κ3) is 5.77. The second-order valence-electron chi connectivity index (χ2n) is 6.95. The number of esters is 1. The fraction of sp³-hybridized carbons (Fsp3) is 0.579. The summed E-state index contributed by atoms with van der Waals surface area (Å²) in [4.78, 5) is 24.6. The third-order valence-electron chi connectivity index (χ3n) is 4.83. The summed E-state index contributed by atoms with van der Waals surface area (Å²) in [5.74, 6) is -0.563. The Hall–Kier alpha value is -1.93. The molecular weight excluding hydrogens is 368 g/mol. The topological polar surface area (TPSA) is 102 Å². The van der Waals surface area contributed by atoms with Crippen LogP contribution in [0.15, 0.2) is 29.2 Å². The van der Waals surface area contributed by atoms with Gasteiger partial charge in [-0.25, -0.2) is 17.9 Å². The Labute approximate surface area is 160 Å². The molecule has 0 spiro atoms. The van der Waals surface area contributed by atoms with Crippen LogP contribution in [0.25, 0.3) is 0 Å². The first-order valence-electron chi connectivity index (χ1n) is 9.35. The number of hydrogen-bond acceptors (Lipinski definition) is 5. The van der Waals surface area contributed by atoms with Crippen LogP contribution in [0.5, 0.6) is 0 Å². The van der Waals surface area contributed by atoms with Gasteiger partial charge in [0.25, 0.3) is 5.91 Å². The van der Waals surface area contributed by atoms with Gasteiger partial charge < -0.3 is 10.1 Å². The summed E-state index contributed by atoms with van der Waals surface area (Å²) in [6, 6.07) is 5.54. The van der Waals surface area contributed by atoms with Crippen LogP contribution in [0.4, 0.5) is 0 Å². The van der Waals surface area contributed by atoms with Gasteiger partial charge in [0.15, 0.2) is 6.10 Å². The van der Waals surface area contributed by atoms with E-state index in [0.717, 1.165) is 19.3 Å². The quantitative estimate of drug-likeness (QED) is 0.688. The van der Waals surface area contributed by atoms with Gasteiger partial charge in [-0.1, -0.05) is 26.7 Å².